The van der Waals surface area contributed by atoms with Crippen LogP contribution in [0.2, 0.25) is 0 Å². The van der Waals surface area contributed by atoms with Gasteiger partial charge in [0, 0.05) is 18.4 Å². The van der Waals surface area contributed by atoms with Gasteiger partial charge in [0.2, 0.25) is 5.91 Å². The molecule has 1 heterocycles. The number of ether oxygens (including phenoxy) is 1. The second-order valence-corrected chi connectivity index (χ2v) is 10.9. The third-order valence-corrected chi connectivity index (χ3v) is 7.56. The van der Waals surface area contributed by atoms with Crippen LogP contribution in [0.5, 0.6) is 11.5 Å². The predicted octanol–water partition coefficient (Wildman–Crippen LogP) is 4.08. The van der Waals surface area contributed by atoms with E-state index in [0.29, 0.717) is 11.3 Å². The van der Waals surface area contributed by atoms with Gasteiger partial charge in [-0.1, -0.05) is 51.5 Å². The normalized spacial score (nSPS) is 19.5. The van der Waals surface area contributed by atoms with Gasteiger partial charge in [-0.15, -0.1) is 0 Å². The highest BCUT2D eigenvalue weighted by Crippen LogP contribution is 2.37. The maximum Gasteiger partial charge on any atom is 0.413 e. The number of carboxylic acid groups (broad SMARTS) is 1. The molecule has 212 valence electrons. The number of phenolic OH excluding ortho intramolecular Hbond substituents is 1. The average molecular weight is 540 g/mol. The van der Waals surface area contributed by atoms with E-state index in [2.05, 4.69) is 35.6 Å². The van der Waals surface area contributed by atoms with Crippen LogP contribution in [0.15, 0.2) is 48.5 Å². The summed E-state index contributed by atoms with van der Waals surface area (Å²) in [6.07, 6.45) is 3.57. The Bertz CT molecular complexity index is 1140. The third-order valence-electron chi connectivity index (χ3n) is 7.56. The van der Waals surface area contributed by atoms with Crippen LogP contribution in [-0.2, 0) is 21.4 Å². The first-order valence-corrected chi connectivity index (χ1v) is 13.6. The summed E-state index contributed by atoms with van der Waals surface area (Å²) in [6, 6.07) is 11.5. The van der Waals surface area contributed by atoms with Crippen molar-refractivity contribution in [2.75, 3.05) is 20.1 Å². The fourth-order valence-corrected chi connectivity index (χ4v) is 5.27. The van der Waals surface area contributed by atoms with Crippen molar-refractivity contribution in [1.82, 2.24) is 15.5 Å². The molecule has 3 rings (SSSR count). The maximum absolute atomic E-state index is 13.0. The standard InChI is InChI=1S/C30H41N3O6/c1-5-30(15-6-7-16-33(4)19-30)22-9-8-10-24(18-22)39-29(38)32-26(20(2)3)27(35)31-25(28(36)37)17-21-11-13-23(34)14-12-21/h8-14,18,20,25-26,34H,5-7,15-17,19H2,1-4H3,(H,31,35)(H,32,38)(H,36,37)/t25-,26-,30?/m1/s1. The Labute approximate surface area is 230 Å². The van der Waals surface area contributed by atoms with Gasteiger partial charge in [-0.2, -0.15) is 0 Å². The largest absolute Gasteiger partial charge is 0.508 e. The molecule has 9 nitrogen and oxygen atoms in total. The molecule has 1 saturated heterocycles. The number of nitrogens with zero attached hydrogens (tertiary/aromatic N) is 1. The van der Waals surface area contributed by atoms with E-state index in [-0.39, 0.29) is 23.5 Å². The van der Waals surface area contributed by atoms with Gasteiger partial charge in [-0.25, -0.2) is 9.59 Å². The van der Waals surface area contributed by atoms with E-state index in [1.54, 1.807) is 32.0 Å². The summed E-state index contributed by atoms with van der Waals surface area (Å²) < 4.78 is 5.60. The number of amides is 2. The van der Waals surface area contributed by atoms with Crippen molar-refractivity contribution in [3.63, 3.8) is 0 Å². The van der Waals surface area contributed by atoms with Gasteiger partial charge in [0.1, 0.15) is 23.6 Å². The zero-order valence-electron chi connectivity index (χ0n) is 23.3. The van der Waals surface area contributed by atoms with Crippen LogP contribution in [0.4, 0.5) is 4.79 Å². The summed E-state index contributed by atoms with van der Waals surface area (Å²) >= 11 is 0. The average Bonchev–Trinajstić information content (AvgIpc) is 3.09. The third kappa shape index (κ3) is 8.20. The molecule has 9 heteroatoms. The summed E-state index contributed by atoms with van der Waals surface area (Å²) in [5, 5.41) is 24.3. The van der Waals surface area contributed by atoms with Crippen molar-refractivity contribution in [2.45, 2.75) is 70.4 Å². The molecule has 0 aliphatic carbocycles. The molecule has 3 atom stereocenters. The maximum atomic E-state index is 13.0. The predicted molar refractivity (Wildman–Crippen MR) is 149 cm³/mol. The molecule has 0 radical (unpaired) electrons. The smallest absolute Gasteiger partial charge is 0.413 e. The minimum atomic E-state index is -1.21. The Balaban J connectivity index is 1.68. The fraction of sp³-hybridized carbons (Fsp3) is 0.500. The molecule has 4 N–H and O–H groups in total. The zero-order chi connectivity index (χ0) is 28.6. The van der Waals surface area contributed by atoms with E-state index in [4.69, 9.17) is 4.74 Å². The first-order valence-electron chi connectivity index (χ1n) is 13.6. The van der Waals surface area contributed by atoms with E-state index in [0.717, 1.165) is 44.3 Å². The molecular weight excluding hydrogens is 498 g/mol. The van der Waals surface area contributed by atoms with Crippen molar-refractivity contribution in [1.29, 1.82) is 0 Å². The van der Waals surface area contributed by atoms with Crippen LogP contribution in [-0.4, -0.2) is 65.3 Å². The number of hydrogen-bond acceptors (Lipinski definition) is 6. The lowest BCUT2D eigenvalue weighted by Crippen LogP contribution is -2.54. The molecule has 39 heavy (non-hydrogen) atoms. The molecule has 1 aliphatic rings. The van der Waals surface area contributed by atoms with E-state index in [1.165, 1.54) is 12.1 Å². The number of carbonyl (C=O) groups is 3. The lowest BCUT2D eigenvalue weighted by Gasteiger charge is -2.35. The monoisotopic (exact) mass is 539 g/mol. The van der Waals surface area contributed by atoms with Crippen molar-refractivity contribution in [3.05, 3.63) is 59.7 Å². The number of likely N-dealkylation sites (N-methyl/N-ethyl adjacent to an activating group) is 1. The molecule has 2 amide bonds. The lowest BCUT2D eigenvalue weighted by molar-refractivity contribution is -0.142. The van der Waals surface area contributed by atoms with Gasteiger partial charge < -0.3 is 30.5 Å². The number of hydrogen-bond donors (Lipinski definition) is 4. The van der Waals surface area contributed by atoms with Gasteiger partial charge in [-0.3, -0.25) is 4.79 Å². The number of aliphatic carboxylic acids is 1. The molecule has 0 saturated carbocycles. The molecule has 1 fully saturated rings. The van der Waals surface area contributed by atoms with Crippen molar-refractivity contribution >= 4 is 18.0 Å². The van der Waals surface area contributed by atoms with E-state index < -0.39 is 30.1 Å². The number of phenols is 1. The Kier molecular flexibility index (Phi) is 10.3. The van der Waals surface area contributed by atoms with Gasteiger partial charge in [0.25, 0.3) is 0 Å². The summed E-state index contributed by atoms with van der Waals surface area (Å²) in [5.41, 5.74) is 1.74. The van der Waals surface area contributed by atoms with E-state index in [9.17, 15) is 24.6 Å². The molecule has 1 aliphatic heterocycles. The van der Waals surface area contributed by atoms with Crippen molar-refractivity contribution < 1.29 is 29.3 Å². The van der Waals surface area contributed by atoms with E-state index in [1.807, 2.05) is 12.1 Å². The van der Waals surface area contributed by atoms with Crippen LogP contribution >= 0.6 is 0 Å². The highest BCUT2D eigenvalue weighted by Gasteiger charge is 2.34. The summed E-state index contributed by atoms with van der Waals surface area (Å²) in [5.74, 6) is -1.69. The second-order valence-electron chi connectivity index (χ2n) is 10.9. The van der Waals surface area contributed by atoms with Crippen LogP contribution < -0.4 is 15.4 Å². The minimum Gasteiger partial charge on any atom is -0.508 e. The number of aromatic hydroxyl groups is 1. The second kappa shape index (κ2) is 13.5. The Morgan fingerprint density at radius 3 is 2.44 bits per heavy atom. The molecule has 0 spiro atoms. The highest BCUT2D eigenvalue weighted by atomic mass is 16.6. The van der Waals surface area contributed by atoms with Crippen molar-refractivity contribution in [2.24, 2.45) is 5.92 Å². The fourth-order valence-electron chi connectivity index (χ4n) is 5.27. The Morgan fingerprint density at radius 2 is 1.79 bits per heavy atom. The molecule has 0 bridgehead atoms. The van der Waals surface area contributed by atoms with Gasteiger partial charge in [0.05, 0.1) is 0 Å². The molecular formula is C30H41N3O6. The number of carbonyl (C=O) groups excluding carboxylic acids is 2. The molecule has 0 aromatic heterocycles. The lowest BCUT2D eigenvalue weighted by atomic mass is 9.74. The quantitative estimate of drug-likeness (QED) is 0.358. The summed E-state index contributed by atoms with van der Waals surface area (Å²) in [7, 11) is 2.14. The number of rotatable bonds is 10. The van der Waals surface area contributed by atoms with Crippen LogP contribution in [0.3, 0.4) is 0 Å². The summed E-state index contributed by atoms with van der Waals surface area (Å²) in [6.45, 7) is 7.71. The first-order chi connectivity index (χ1) is 18.5. The Morgan fingerprint density at radius 1 is 1.08 bits per heavy atom. The number of nitrogens with one attached hydrogen (secondary N) is 2. The van der Waals surface area contributed by atoms with Crippen LogP contribution in [0.1, 0.15) is 57.6 Å². The zero-order valence-corrected chi connectivity index (χ0v) is 23.3. The number of benzene rings is 2. The molecule has 2 aromatic rings. The molecule has 2 aromatic carbocycles. The summed E-state index contributed by atoms with van der Waals surface area (Å²) in [4.78, 5) is 40.1. The van der Waals surface area contributed by atoms with Crippen molar-refractivity contribution in [3.8, 4) is 11.5 Å². The van der Waals surface area contributed by atoms with E-state index >= 15 is 0 Å². The minimum absolute atomic E-state index is 0.0230. The van der Waals surface area contributed by atoms with Gasteiger partial charge in [0.15, 0.2) is 0 Å². The SMILES string of the molecule is CCC1(c2cccc(OC(=O)N[C@@H](C(=O)N[C@H](Cc3ccc(O)cc3)C(=O)O)C(C)C)c2)CCCCN(C)C1. The topological polar surface area (TPSA) is 128 Å². The highest BCUT2D eigenvalue weighted by molar-refractivity contribution is 5.89. The Hall–Kier alpha value is -3.59. The van der Waals surface area contributed by atoms with Gasteiger partial charge >= 0.3 is 12.1 Å². The number of carboxylic acids is 1. The van der Waals surface area contributed by atoms with Gasteiger partial charge in [-0.05, 0) is 74.2 Å². The first kappa shape index (κ1) is 30.0. The number of likely N-dealkylation sites (tertiary alicyclic amines) is 1. The van der Waals surface area contributed by atoms with Crippen LogP contribution in [0, 0.1) is 5.92 Å². The van der Waals surface area contributed by atoms with Crippen LogP contribution in [0.25, 0.3) is 0 Å². The molecule has 1 unspecified atom stereocenters.